The highest BCUT2D eigenvalue weighted by molar-refractivity contribution is 5.24. The number of nitrogens with zero attached hydrogens (tertiary/aromatic N) is 2. The second-order valence-corrected chi connectivity index (χ2v) is 4.78. The number of hydrogen-bond acceptors (Lipinski definition) is 2. The molecule has 3 nitrogen and oxygen atoms in total. The molecule has 0 saturated heterocycles. The van der Waals surface area contributed by atoms with Crippen LogP contribution in [0.2, 0.25) is 0 Å². The highest BCUT2D eigenvalue weighted by atomic mass is 19.3. The molecule has 0 spiro atoms. The fraction of sp³-hybridized carbons (Fsp3) is 0.400. The number of halogens is 2. The molecule has 1 aromatic carbocycles. The van der Waals surface area contributed by atoms with E-state index in [2.05, 4.69) is 17.3 Å². The Labute approximate surface area is 117 Å². The van der Waals surface area contributed by atoms with Gasteiger partial charge in [-0.1, -0.05) is 25.1 Å². The zero-order valence-electron chi connectivity index (χ0n) is 11.7. The fourth-order valence-electron chi connectivity index (χ4n) is 2.21. The summed E-state index contributed by atoms with van der Waals surface area (Å²) in [5, 5.41) is 7.64. The number of aryl methyl sites for hydroxylation is 2. The first kappa shape index (κ1) is 14.7. The van der Waals surface area contributed by atoms with Gasteiger partial charge < -0.3 is 5.32 Å². The first-order valence-electron chi connectivity index (χ1n) is 6.69. The van der Waals surface area contributed by atoms with E-state index in [9.17, 15) is 8.78 Å². The summed E-state index contributed by atoms with van der Waals surface area (Å²) in [4.78, 5) is 0. The summed E-state index contributed by atoms with van der Waals surface area (Å²) in [6.07, 6.45) is 0.458. The molecule has 5 heteroatoms. The summed E-state index contributed by atoms with van der Waals surface area (Å²) in [5.74, 6) is 0. The molecule has 0 aliphatic rings. The van der Waals surface area contributed by atoms with Crippen LogP contribution in [0.1, 0.15) is 35.7 Å². The highest BCUT2D eigenvalue weighted by Crippen LogP contribution is 2.19. The van der Waals surface area contributed by atoms with Gasteiger partial charge in [-0.05, 0) is 18.1 Å². The van der Waals surface area contributed by atoms with Crippen molar-refractivity contribution in [2.75, 3.05) is 0 Å². The number of rotatable bonds is 6. The van der Waals surface area contributed by atoms with Crippen molar-refractivity contribution in [1.82, 2.24) is 15.1 Å². The smallest absolute Gasteiger partial charge is 0.263 e. The van der Waals surface area contributed by atoms with Crippen LogP contribution >= 0.6 is 0 Å². The van der Waals surface area contributed by atoms with Gasteiger partial charge in [0.2, 0.25) is 0 Å². The number of hydrogen-bond donors (Lipinski definition) is 1. The molecule has 1 heterocycles. The van der Waals surface area contributed by atoms with Crippen molar-refractivity contribution in [1.29, 1.82) is 0 Å². The lowest BCUT2D eigenvalue weighted by molar-refractivity contribution is 0.151. The third kappa shape index (κ3) is 3.63. The molecule has 0 amide bonds. The molecule has 0 fully saturated rings. The van der Waals surface area contributed by atoms with E-state index in [1.165, 1.54) is 6.07 Å². The molecule has 0 unspecified atom stereocenters. The Bertz CT molecular complexity index is 564. The van der Waals surface area contributed by atoms with Gasteiger partial charge in [0.15, 0.2) is 0 Å². The molecule has 2 aromatic rings. The third-order valence-corrected chi connectivity index (χ3v) is 3.17. The average Bonchev–Trinajstić information content (AvgIpc) is 2.79. The molecular formula is C15H19F2N3. The van der Waals surface area contributed by atoms with E-state index in [1.54, 1.807) is 16.8 Å². The van der Waals surface area contributed by atoms with Gasteiger partial charge in [0.25, 0.3) is 6.43 Å². The van der Waals surface area contributed by atoms with E-state index >= 15 is 0 Å². The van der Waals surface area contributed by atoms with Crippen molar-refractivity contribution >= 4 is 0 Å². The molecule has 0 atom stereocenters. The standard InChI is InChI=1S/C15H19F2N3/c1-3-14-13(10-20(2)19-14)9-18-8-11-5-4-6-12(7-11)15(16)17/h4-7,10,15,18H,3,8-9H2,1-2H3. The summed E-state index contributed by atoms with van der Waals surface area (Å²) in [6, 6.07) is 6.51. The molecule has 0 radical (unpaired) electrons. The zero-order valence-corrected chi connectivity index (χ0v) is 11.7. The van der Waals surface area contributed by atoms with Gasteiger partial charge in [0.05, 0.1) is 5.69 Å². The minimum absolute atomic E-state index is 0.0694. The summed E-state index contributed by atoms with van der Waals surface area (Å²) >= 11 is 0. The van der Waals surface area contributed by atoms with Gasteiger partial charge in [0.1, 0.15) is 0 Å². The molecule has 1 N–H and O–H groups in total. The van der Waals surface area contributed by atoms with Crippen LogP contribution in [-0.2, 0) is 26.6 Å². The van der Waals surface area contributed by atoms with Gasteiger partial charge in [0, 0.05) is 37.5 Å². The topological polar surface area (TPSA) is 29.9 Å². The van der Waals surface area contributed by atoms with Crippen LogP contribution < -0.4 is 5.32 Å². The highest BCUT2D eigenvalue weighted by Gasteiger charge is 2.08. The number of nitrogens with one attached hydrogen (secondary N) is 1. The van der Waals surface area contributed by atoms with Gasteiger partial charge in [-0.25, -0.2) is 8.78 Å². The van der Waals surface area contributed by atoms with E-state index in [-0.39, 0.29) is 5.56 Å². The molecule has 1 aromatic heterocycles. The van der Waals surface area contributed by atoms with E-state index in [4.69, 9.17) is 0 Å². The van der Waals surface area contributed by atoms with E-state index in [0.29, 0.717) is 13.1 Å². The third-order valence-electron chi connectivity index (χ3n) is 3.17. The minimum Gasteiger partial charge on any atom is -0.308 e. The Morgan fingerprint density at radius 2 is 2.10 bits per heavy atom. The van der Waals surface area contributed by atoms with E-state index in [1.807, 2.05) is 19.3 Å². The number of benzene rings is 1. The SMILES string of the molecule is CCc1nn(C)cc1CNCc1cccc(C(F)F)c1. The Balaban J connectivity index is 1.94. The molecule has 0 aliphatic carbocycles. The lowest BCUT2D eigenvalue weighted by Crippen LogP contribution is -2.13. The van der Waals surface area contributed by atoms with Crippen molar-refractivity contribution < 1.29 is 8.78 Å². The summed E-state index contributed by atoms with van der Waals surface area (Å²) in [7, 11) is 1.90. The molecule has 20 heavy (non-hydrogen) atoms. The Morgan fingerprint density at radius 3 is 2.80 bits per heavy atom. The summed E-state index contributed by atoms with van der Waals surface area (Å²) in [6.45, 7) is 3.33. The number of aromatic nitrogens is 2. The van der Waals surface area contributed by atoms with Crippen LogP contribution in [-0.4, -0.2) is 9.78 Å². The van der Waals surface area contributed by atoms with Crippen LogP contribution in [0.4, 0.5) is 8.78 Å². The monoisotopic (exact) mass is 279 g/mol. The molecule has 2 rings (SSSR count). The zero-order chi connectivity index (χ0) is 14.5. The minimum atomic E-state index is -2.42. The van der Waals surface area contributed by atoms with Crippen molar-refractivity contribution in [2.24, 2.45) is 7.05 Å². The summed E-state index contributed by atoms with van der Waals surface area (Å²) in [5.41, 5.74) is 3.16. The second-order valence-electron chi connectivity index (χ2n) is 4.78. The average molecular weight is 279 g/mol. The quantitative estimate of drug-likeness (QED) is 0.880. The lowest BCUT2D eigenvalue weighted by Gasteiger charge is -2.06. The van der Waals surface area contributed by atoms with Crippen LogP contribution in [0.25, 0.3) is 0 Å². The second kappa shape index (κ2) is 6.61. The predicted molar refractivity (Wildman–Crippen MR) is 74.5 cm³/mol. The van der Waals surface area contributed by atoms with Crippen molar-refractivity contribution in [2.45, 2.75) is 32.9 Å². The van der Waals surface area contributed by atoms with Gasteiger partial charge in [-0.2, -0.15) is 5.10 Å². The van der Waals surface area contributed by atoms with Crippen LogP contribution in [0, 0.1) is 0 Å². The number of alkyl halides is 2. The normalized spacial score (nSPS) is 11.2. The molecular weight excluding hydrogens is 260 g/mol. The van der Waals surface area contributed by atoms with Crippen molar-refractivity contribution in [3.05, 3.63) is 52.8 Å². The maximum Gasteiger partial charge on any atom is 0.263 e. The van der Waals surface area contributed by atoms with Gasteiger partial charge >= 0.3 is 0 Å². The molecule has 0 aliphatic heterocycles. The van der Waals surface area contributed by atoms with Crippen LogP contribution in [0.3, 0.4) is 0 Å². The lowest BCUT2D eigenvalue weighted by atomic mass is 10.1. The molecule has 0 saturated carbocycles. The van der Waals surface area contributed by atoms with Gasteiger partial charge in [-0.15, -0.1) is 0 Å². The van der Waals surface area contributed by atoms with Gasteiger partial charge in [-0.3, -0.25) is 4.68 Å². The molecule has 108 valence electrons. The van der Waals surface area contributed by atoms with Crippen LogP contribution in [0.5, 0.6) is 0 Å². The Hall–Kier alpha value is -1.75. The van der Waals surface area contributed by atoms with E-state index < -0.39 is 6.43 Å². The van der Waals surface area contributed by atoms with E-state index in [0.717, 1.165) is 23.2 Å². The fourth-order valence-corrected chi connectivity index (χ4v) is 2.21. The predicted octanol–water partition coefficient (Wildman–Crippen LogP) is 3.21. The Morgan fingerprint density at radius 1 is 1.30 bits per heavy atom. The van der Waals surface area contributed by atoms with Crippen molar-refractivity contribution in [3.8, 4) is 0 Å². The largest absolute Gasteiger partial charge is 0.308 e. The Kier molecular flexibility index (Phi) is 4.84. The first-order valence-corrected chi connectivity index (χ1v) is 6.69. The summed E-state index contributed by atoms with van der Waals surface area (Å²) < 4.78 is 27.0. The first-order chi connectivity index (χ1) is 9.60. The van der Waals surface area contributed by atoms with Crippen LogP contribution in [0.15, 0.2) is 30.5 Å². The maximum atomic E-state index is 12.6. The molecule has 0 bridgehead atoms. The maximum absolute atomic E-state index is 12.6. The van der Waals surface area contributed by atoms with Crippen molar-refractivity contribution in [3.63, 3.8) is 0 Å².